The van der Waals surface area contributed by atoms with Gasteiger partial charge in [0.15, 0.2) is 6.10 Å². The van der Waals surface area contributed by atoms with Gasteiger partial charge in [-0.1, -0.05) is 0 Å². The maximum atomic E-state index is 9.46. The van der Waals surface area contributed by atoms with E-state index in [1.165, 1.54) is 0 Å². The molecule has 0 bridgehead atoms. The lowest BCUT2D eigenvalue weighted by molar-refractivity contribution is -0.442. The predicted molar refractivity (Wildman–Crippen MR) is 41.9 cm³/mol. The van der Waals surface area contributed by atoms with Crippen LogP contribution in [0.4, 0.5) is 0 Å². The summed E-state index contributed by atoms with van der Waals surface area (Å²) in [6.45, 7) is -0.614. The Balaban J connectivity index is 2.84. The predicted octanol–water partition coefficient (Wildman–Crippen LogP) is -3.25. The fraction of sp³-hybridized carbons (Fsp3) is 1.00. The Morgan fingerprint density at radius 2 is 1.86 bits per heavy atom. The van der Waals surface area contributed by atoms with E-state index < -0.39 is 37.0 Å². The van der Waals surface area contributed by atoms with Crippen molar-refractivity contribution < 1.29 is 35.0 Å². The molecule has 0 radical (unpaired) electrons. The lowest BCUT2D eigenvalue weighted by atomic mass is 9.98. The second kappa shape index (κ2) is 4.07. The second-order valence-electron chi connectivity index (χ2n) is 3.10. The molecule has 0 aromatic rings. The van der Waals surface area contributed by atoms with Crippen LogP contribution in [0.15, 0.2) is 0 Å². The number of methoxy groups -OCH3 is 1. The van der Waals surface area contributed by atoms with Gasteiger partial charge in [-0.05, 0) is 0 Å². The van der Waals surface area contributed by atoms with Gasteiger partial charge in [0.25, 0.3) is 0 Å². The van der Waals surface area contributed by atoms with E-state index in [9.17, 15) is 20.4 Å². The summed E-state index contributed by atoms with van der Waals surface area (Å²) in [7, 11) is 1.06. The molecule has 1 saturated heterocycles. The normalized spacial score (nSPS) is 49.3. The van der Waals surface area contributed by atoms with Gasteiger partial charge in [-0.25, -0.2) is 0 Å². The van der Waals surface area contributed by atoms with Crippen LogP contribution in [0.25, 0.3) is 0 Å². The molecular weight excluding hydrogens is 196 g/mol. The smallest absolute Gasteiger partial charge is 0.311 e. The molecule has 0 aromatic carbocycles. The van der Waals surface area contributed by atoms with E-state index in [1.807, 2.05) is 0 Å². The Hall–Kier alpha value is -0.280. The number of hydrogen-bond donors (Lipinski definition) is 5. The van der Waals surface area contributed by atoms with Crippen molar-refractivity contribution in [3.8, 4) is 0 Å². The van der Waals surface area contributed by atoms with E-state index >= 15 is 0 Å². The third kappa shape index (κ3) is 1.75. The molecular formula is C7H14O7. The highest BCUT2D eigenvalue weighted by Crippen LogP contribution is 2.28. The lowest BCUT2D eigenvalue weighted by Gasteiger charge is -2.43. The summed E-state index contributed by atoms with van der Waals surface area (Å²) in [6, 6.07) is 0. The van der Waals surface area contributed by atoms with E-state index in [-0.39, 0.29) is 0 Å². The summed E-state index contributed by atoms with van der Waals surface area (Å²) in [5, 5.41) is 46.1. The van der Waals surface area contributed by atoms with Crippen molar-refractivity contribution >= 4 is 0 Å². The summed E-state index contributed by atoms with van der Waals surface area (Å²) in [5.41, 5.74) is 0. The zero-order valence-electron chi connectivity index (χ0n) is 7.57. The van der Waals surface area contributed by atoms with Crippen LogP contribution in [0.2, 0.25) is 0 Å². The van der Waals surface area contributed by atoms with Gasteiger partial charge >= 0.3 is 5.97 Å². The van der Waals surface area contributed by atoms with Gasteiger partial charge in [0.2, 0.25) is 0 Å². The van der Waals surface area contributed by atoms with Crippen LogP contribution in [0, 0.1) is 0 Å². The van der Waals surface area contributed by atoms with Crippen molar-refractivity contribution in [1.29, 1.82) is 0 Å². The average Bonchev–Trinajstić information content (AvgIpc) is 2.20. The van der Waals surface area contributed by atoms with Gasteiger partial charge in [-0.3, -0.25) is 0 Å². The van der Waals surface area contributed by atoms with E-state index in [4.69, 9.17) is 9.84 Å². The zero-order chi connectivity index (χ0) is 10.9. The van der Waals surface area contributed by atoms with Crippen LogP contribution in [0.3, 0.4) is 0 Å². The standard InChI is InChI=1S/C7H14O7/c1-13-7(12)6(11)5(10)4(9)3(2-8)14-7/h3-6,8-12H,2H2,1H3. The van der Waals surface area contributed by atoms with E-state index in [2.05, 4.69) is 4.74 Å². The van der Waals surface area contributed by atoms with Crippen molar-refractivity contribution in [1.82, 2.24) is 0 Å². The van der Waals surface area contributed by atoms with Gasteiger partial charge in [0, 0.05) is 7.11 Å². The summed E-state index contributed by atoms with van der Waals surface area (Å²) in [4.78, 5) is 0. The second-order valence-corrected chi connectivity index (χ2v) is 3.10. The first kappa shape index (κ1) is 11.8. The van der Waals surface area contributed by atoms with E-state index in [1.54, 1.807) is 0 Å². The molecule has 5 unspecified atom stereocenters. The number of ether oxygens (including phenoxy) is 2. The minimum atomic E-state index is -2.41. The quantitative estimate of drug-likeness (QED) is 0.304. The van der Waals surface area contributed by atoms with Gasteiger partial charge in [-0.2, -0.15) is 0 Å². The first-order valence-corrected chi connectivity index (χ1v) is 4.06. The molecule has 84 valence electrons. The van der Waals surface area contributed by atoms with Crippen molar-refractivity contribution in [2.75, 3.05) is 13.7 Å². The Morgan fingerprint density at radius 1 is 1.29 bits per heavy atom. The maximum Gasteiger partial charge on any atom is 0.311 e. The molecule has 1 aliphatic heterocycles. The molecule has 14 heavy (non-hydrogen) atoms. The van der Waals surface area contributed by atoms with E-state index in [0.717, 1.165) is 7.11 Å². The van der Waals surface area contributed by atoms with Gasteiger partial charge < -0.3 is 35.0 Å². The van der Waals surface area contributed by atoms with Gasteiger partial charge in [-0.15, -0.1) is 0 Å². The van der Waals surface area contributed by atoms with Crippen LogP contribution < -0.4 is 0 Å². The van der Waals surface area contributed by atoms with E-state index in [0.29, 0.717) is 0 Å². The molecule has 0 aromatic heterocycles. The molecule has 5 atom stereocenters. The average molecular weight is 210 g/mol. The monoisotopic (exact) mass is 210 g/mol. The molecule has 1 rings (SSSR count). The fourth-order valence-electron chi connectivity index (χ4n) is 1.29. The number of rotatable bonds is 2. The fourth-order valence-corrected chi connectivity index (χ4v) is 1.29. The summed E-state index contributed by atoms with van der Waals surface area (Å²) < 4.78 is 9.13. The van der Waals surface area contributed by atoms with Gasteiger partial charge in [0.05, 0.1) is 6.61 Å². The van der Waals surface area contributed by atoms with Crippen molar-refractivity contribution in [3.05, 3.63) is 0 Å². The lowest BCUT2D eigenvalue weighted by Crippen LogP contribution is -2.65. The molecule has 5 N–H and O–H groups in total. The SMILES string of the molecule is COC1(O)OC(CO)C(O)C(O)C1O. The topological polar surface area (TPSA) is 120 Å². The van der Waals surface area contributed by atoms with Crippen LogP contribution in [0.1, 0.15) is 0 Å². The third-order valence-electron chi connectivity index (χ3n) is 2.22. The van der Waals surface area contributed by atoms with Crippen molar-refractivity contribution in [2.45, 2.75) is 30.4 Å². The number of aliphatic hydroxyl groups excluding tert-OH is 4. The minimum absolute atomic E-state index is 0.614. The minimum Gasteiger partial charge on any atom is -0.394 e. The largest absolute Gasteiger partial charge is 0.394 e. The van der Waals surface area contributed by atoms with Crippen molar-refractivity contribution in [3.63, 3.8) is 0 Å². The highest BCUT2D eigenvalue weighted by molar-refractivity contribution is 4.91. The van der Waals surface area contributed by atoms with Crippen molar-refractivity contribution in [2.24, 2.45) is 0 Å². The van der Waals surface area contributed by atoms with Crippen LogP contribution in [0.5, 0.6) is 0 Å². The summed E-state index contributed by atoms with van der Waals surface area (Å²) in [5.74, 6) is -2.41. The Morgan fingerprint density at radius 3 is 2.29 bits per heavy atom. The first-order valence-electron chi connectivity index (χ1n) is 4.06. The Bertz CT molecular complexity index is 196. The maximum absolute atomic E-state index is 9.46. The van der Waals surface area contributed by atoms with Gasteiger partial charge in [0.1, 0.15) is 18.3 Å². The zero-order valence-corrected chi connectivity index (χ0v) is 7.57. The highest BCUT2D eigenvalue weighted by atomic mass is 16.8. The highest BCUT2D eigenvalue weighted by Gasteiger charge is 2.53. The summed E-state index contributed by atoms with van der Waals surface area (Å²) in [6.07, 6.45) is -6.14. The van der Waals surface area contributed by atoms with Crippen LogP contribution in [-0.4, -0.2) is 69.6 Å². The molecule has 0 amide bonds. The number of hydrogen-bond acceptors (Lipinski definition) is 7. The molecule has 7 nitrogen and oxygen atoms in total. The number of aliphatic hydroxyl groups is 5. The molecule has 1 heterocycles. The van der Waals surface area contributed by atoms with Crippen LogP contribution in [-0.2, 0) is 9.47 Å². The molecule has 0 aliphatic carbocycles. The Kier molecular flexibility index (Phi) is 3.43. The molecule has 0 saturated carbocycles. The molecule has 0 spiro atoms. The third-order valence-corrected chi connectivity index (χ3v) is 2.22. The van der Waals surface area contributed by atoms with Crippen LogP contribution >= 0.6 is 0 Å². The Labute approximate surface area is 80.1 Å². The first-order chi connectivity index (χ1) is 6.46. The molecule has 1 aliphatic rings. The molecule has 7 heteroatoms. The molecule has 1 fully saturated rings. The summed E-state index contributed by atoms with van der Waals surface area (Å²) >= 11 is 0.